The van der Waals surface area contributed by atoms with Crippen molar-refractivity contribution in [2.24, 2.45) is 0 Å². The van der Waals surface area contributed by atoms with E-state index < -0.39 is 17.8 Å². The van der Waals surface area contributed by atoms with E-state index in [9.17, 15) is 14.0 Å². The van der Waals surface area contributed by atoms with Gasteiger partial charge in [-0.25, -0.2) is 0 Å². The van der Waals surface area contributed by atoms with E-state index in [1.165, 1.54) is 4.90 Å². The summed E-state index contributed by atoms with van der Waals surface area (Å²) in [5.41, 5.74) is -1.76. The number of nitrogens with one attached hydrogen (secondary N) is 1. The number of alkyl halides is 1. The van der Waals surface area contributed by atoms with E-state index in [1.807, 2.05) is 6.92 Å². The minimum Gasteiger partial charge on any atom is -0.340 e. The molecular weight excluding hydrogens is 223 g/mol. The van der Waals surface area contributed by atoms with Crippen LogP contribution in [0.4, 0.5) is 4.39 Å². The van der Waals surface area contributed by atoms with Crippen LogP contribution in [0.1, 0.15) is 40.5 Å². The number of halogens is 1. The Balaban J connectivity index is 3.02. The first-order chi connectivity index (χ1) is 7.79. The highest BCUT2D eigenvalue weighted by Crippen LogP contribution is 2.28. The number of rotatable bonds is 4. The van der Waals surface area contributed by atoms with Crippen LogP contribution in [-0.2, 0) is 9.59 Å². The highest BCUT2D eigenvalue weighted by Gasteiger charge is 2.50. The molecule has 1 saturated heterocycles. The normalized spacial score (nSPS) is 28.2. The maximum atomic E-state index is 12.3. The van der Waals surface area contributed by atoms with Crippen molar-refractivity contribution in [3.8, 4) is 0 Å². The lowest BCUT2D eigenvalue weighted by atomic mass is 9.86. The average Bonchev–Trinajstić information content (AvgIpc) is 2.27. The third-order valence-electron chi connectivity index (χ3n) is 3.56. The van der Waals surface area contributed by atoms with Gasteiger partial charge in [-0.15, -0.1) is 0 Å². The van der Waals surface area contributed by atoms with Crippen molar-refractivity contribution in [1.29, 1.82) is 0 Å². The van der Waals surface area contributed by atoms with Crippen LogP contribution < -0.4 is 5.32 Å². The summed E-state index contributed by atoms with van der Waals surface area (Å²) < 4.78 is 12.3. The molecular formula is C12H21FN2O2. The fourth-order valence-electron chi connectivity index (χ4n) is 1.97. The van der Waals surface area contributed by atoms with Gasteiger partial charge >= 0.3 is 0 Å². The Kier molecular flexibility index (Phi) is 3.79. The molecule has 98 valence electrons. The van der Waals surface area contributed by atoms with E-state index in [2.05, 4.69) is 5.32 Å². The Morgan fingerprint density at radius 3 is 2.35 bits per heavy atom. The molecule has 4 nitrogen and oxygen atoms in total. The summed E-state index contributed by atoms with van der Waals surface area (Å²) in [4.78, 5) is 25.8. The quantitative estimate of drug-likeness (QED) is 0.809. The van der Waals surface area contributed by atoms with Gasteiger partial charge in [0.15, 0.2) is 0 Å². The predicted octanol–water partition coefficient (Wildman–Crippen LogP) is 1.25. The van der Waals surface area contributed by atoms with Crippen LogP contribution in [-0.4, -0.2) is 41.0 Å². The zero-order chi connectivity index (χ0) is 13.3. The molecule has 0 spiro atoms. The van der Waals surface area contributed by atoms with Gasteiger partial charge in [0.25, 0.3) is 0 Å². The van der Waals surface area contributed by atoms with Crippen LogP contribution in [0.3, 0.4) is 0 Å². The van der Waals surface area contributed by atoms with Gasteiger partial charge in [0, 0.05) is 6.54 Å². The van der Waals surface area contributed by atoms with E-state index in [-0.39, 0.29) is 24.8 Å². The molecule has 1 heterocycles. The van der Waals surface area contributed by atoms with Crippen molar-refractivity contribution in [1.82, 2.24) is 10.2 Å². The third-order valence-corrected chi connectivity index (χ3v) is 3.56. The molecule has 1 aliphatic heterocycles. The summed E-state index contributed by atoms with van der Waals surface area (Å²) in [7, 11) is 0. The Labute approximate surface area is 102 Å². The van der Waals surface area contributed by atoms with Crippen molar-refractivity contribution in [3.05, 3.63) is 0 Å². The SMILES string of the molecule is CCC1(C)NC(=O)C(C)(C)N(CCCF)C1=O. The molecule has 1 aliphatic rings. The van der Waals surface area contributed by atoms with Gasteiger partial charge in [-0.3, -0.25) is 14.0 Å². The minimum absolute atomic E-state index is 0.127. The van der Waals surface area contributed by atoms with Gasteiger partial charge < -0.3 is 10.2 Å². The molecule has 0 aromatic heterocycles. The second-order valence-corrected chi connectivity index (χ2v) is 5.20. The second-order valence-electron chi connectivity index (χ2n) is 5.20. The van der Waals surface area contributed by atoms with Crippen molar-refractivity contribution < 1.29 is 14.0 Å². The van der Waals surface area contributed by atoms with E-state index in [4.69, 9.17) is 0 Å². The van der Waals surface area contributed by atoms with Crippen LogP contribution in [0.5, 0.6) is 0 Å². The van der Waals surface area contributed by atoms with E-state index in [0.717, 1.165) is 0 Å². The van der Waals surface area contributed by atoms with E-state index in [0.29, 0.717) is 6.42 Å². The van der Waals surface area contributed by atoms with Gasteiger partial charge in [-0.2, -0.15) is 0 Å². The molecule has 0 saturated carbocycles. The molecule has 1 atom stereocenters. The van der Waals surface area contributed by atoms with Gasteiger partial charge in [-0.05, 0) is 33.6 Å². The van der Waals surface area contributed by atoms with Crippen LogP contribution >= 0.6 is 0 Å². The maximum absolute atomic E-state index is 12.3. The lowest BCUT2D eigenvalue weighted by Gasteiger charge is -2.48. The summed E-state index contributed by atoms with van der Waals surface area (Å²) in [6, 6.07) is 0. The summed E-state index contributed by atoms with van der Waals surface area (Å²) in [6.07, 6.45) is 0.794. The first-order valence-electron chi connectivity index (χ1n) is 6.00. The zero-order valence-electron chi connectivity index (χ0n) is 11.0. The molecule has 0 aromatic rings. The van der Waals surface area contributed by atoms with Gasteiger partial charge in [0.05, 0.1) is 6.67 Å². The maximum Gasteiger partial charge on any atom is 0.248 e. The lowest BCUT2D eigenvalue weighted by molar-refractivity contribution is -0.160. The van der Waals surface area contributed by atoms with E-state index in [1.54, 1.807) is 20.8 Å². The largest absolute Gasteiger partial charge is 0.340 e. The first kappa shape index (κ1) is 13.9. The first-order valence-corrected chi connectivity index (χ1v) is 6.00. The molecule has 0 aliphatic carbocycles. The van der Waals surface area contributed by atoms with Crippen molar-refractivity contribution >= 4 is 11.8 Å². The fraction of sp³-hybridized carbons (Fsp3) is 0.833. The fourth-order valence-corrected chi connectivity index (χ4v) is 1.97. The van der Waals surface area contributed by atoms with Crippen molar-refractivity contribution in [2.45, 2.75) is 51.6 Å². The number of hydrogen-bond donors (Lipinski definition) is 1. The average molecular weight is 244 g/mol. The molecule has 1 unspecified atom stereocenters. The molecule has 1 N–H and O–H groups in total. The third kappa shape index (κ3) is 2.28. The molecule has 17 heavy (non-hydrogen) atoms. The van der Waals surface area contributed by atoms with Crippen LogP contribution in [0.2, 0.25) is 0 Å². The minimum atomic E-state index is -0.902. The van der Waals surface area contributed by atoms with Gasteiger partial charge in [0.1, 0.15) is 11.1 Å². The summed E-state index contributed by atoms with van der Waals surface area (Å²) in [6.45, 7) is 6.74. The number of amides is 2. The lowest BCUT2D eigenvalue weighted by Crippen LogP contribution is -2.73. The predicted molar refractivity (Wildman–Crippen MR) is 63.2 cm³/mol. The van der Waals surface area contributed by atoms with Crippen LogP contribution in [0, 0.1) is 0 Å². The molecule has 0 aromatic carbocycles. The highest BCUT2D eigenvalue weighted by molar-refractivity contribution is 6.01. The van der Waals surface area contributed by atoms with Crippen molar-refractivity contribution in [3.63, 3.8) is 0 Å². The Morgan fingerprint density at radius 1 is 1.29 bits per heavy atom. The molecule has 1 rings (SSSR count). The zero-order valence-corrected chi connectivity index (χ0v) is 11.0. The Hall–Kier alpha value is -1.13. The summed E-state index contributed by atoms with van der Waals surface area (Å²) in [5, 5.41) is 2.76. The van der Waals surface area contributed by atoms with Crippen LogP contribution in [0.25, 0.3) is 0 Å². The smallest absolute Gasteiger partial charge is 0.248 e. The van der Waals surface area contributed by atoms with Crippen molar-refractivity contribution in [2.75, 3.05) is 13.2 Å². The number of carbonyl (C=O) groups excluding carboxylic acids is 2. The summed E-state index contributed by atoms with van der Waals surface area (Å²) >= 11 is 0. The summed E-state index contributed by atoms with van der Waals surface area (Å²) in [5.74, 6) is -0.307. The highest BCUT2D eigenvalue weighted by atomic mass is 19.1. The van der Waals surface area contributed by atoms with Crippen LogP contribution in [0.15, 0.2) is 0 Å². The molecule has 5 heteroatoms. The number of carbonyl (C=O) groups is 2. The Bertz CT molecular complexity index is 330. The van der Waals surface area contributed by atoms with Gasteiger partial charge in [0.2, 0.25) is 11.8 Å². The number of piperazine rings is 1. The van der Waals surface area contributed by atoms with Gasteiger partial charge in [-0.1, -0.05) is 6.92 Å². The monoisotopic (exact) mass is 244 g/mol. The number of hydrogen-bond acceptors (Lipinski definition) is 2. The number of nitrogens with zero attached hydrogens (tertiary/aromatic N) is 1. The molecule has 1 fully saturated rings. The van der Waals surface area contributed by atoms with E-state index >= 15 is 0 Å². The molecule has 0 bridgehead atoms. The topological polar surface area (TPSA) is 49.4 Å². The Morgan fingerprint density at radius 2 is 1.88 bits per heavy atom. The second kappa shape index (κ2) is 4.63. The molecule has 0 radical (unpaired) electrons. The molecule has 2 amide bonds. The standard InChI is InChI=1S/C12H21FN2O2/c1-5-12(4)10(17)15(8-6-7-13)11(2,3)9(16)14-12/h5-8H2,1-4H3,(H,14,16).